The summed E-state index contributed by atoms with van der Waals surface area (Å²) in [5.41, 5.74) is 0. The standard InChI is InChI=1S/C90H169O25P/c1-5-9-13-17-21-25-29-33-35-37-41-45-49-53-57-61-65-76(95)112-85-81(100)82(101)86(113-89-83(102)79(98)77(96)71(66-91)110-89)88(87(85)114-90-84(103)80(99)78(97)72(111-90)69-107-74(93)63-59-55-51-47-42-38-31-27-23-19-15-11-7-3)115-116(104,105)108-68-70(109-75(94)64-60-56-52-48-44-39-32-28-24-20-16-12-8-4)67-106-73(92)62-58-54-50-46-43-40-36-34-30-26-22-18-14-10-6-2/h70-72,77-91,96-103H,5-69H2,1-4H3,(H,104,105). The number of carbonyl (C=O) groups excluding carboxylic acids is 4. The maximum Gasteiger partial charge on any atom is 0.472 e. The van der Waals surface area contributed by atoms with Gasteiger partial charge >= 0.3 is 31.7 Å². The van der Waals surface area contributed by atoms with Gasteiger partial charge in [-0.15, -0.1) is 0 Å². The third-order valence-corrected chi connectivity index (χ3v) is 24.3. The molecule has 26 heteroatoms. The van der Waals surface area contributed by atoms with Crippen molar-refractivity contribution in [2.75, 3.05) is 26.4 Å². The Kier molecular flexibility index (Phi) is 64.8. The number of hydrogen-bond acceptors (Lipinski definition) is 24. The van der Waals surface area contributed by atoms with Crippen molar-refractivity contribution >= 4 is 31.7 Å². The maximum absolute atomic E-state index is 14.9. The number of carbonyl (C=O) groups is 4. The first-order chi connectivity index (χ1) is 56.2. The molecule has 25 nitrogen and oxygen atoms in total. The van der Waals surface area contributed by atoms with Crippen LogP contribution in [0.3, 0.4) is 0 Å². The average molecular weight is 1680 g/mol. The Labute approximate surface area is 699 Å². The maximum atomic E-state index is 14.9. The van der Waals surface area contributed by atoms with E-state index in [1.165, 1.54) is 205 Å². The molecule has 0 radical (unpaired) electrons. The van der Waals surface area contributed by atoms with Crippen LogP contribution in [0.2, 0.25) is 0 Å². The zero-order valence-corrected chi connectivity index (χ0v) is 73.7. The lowest BCUT2D eigenvalue weighted by Gasteiger charge is -2.50. The minimum absolute atomic E-state index is 0.0199. The molecule has 3 aliphatic rings. The number of phosphoric ester groups is 1. The number of unbranched alkanes of at least 4 members (excludes halogenated alkanes) is 53. The molecule has 0 spiro atoms. The van der Waals surface area contributed by atoms with Crippen molar-refractivity contribution in [2.24, 2.45) is 0 Å². The van der Waals surface area contributed by atoms with Crippen molar-refractivity contribution in [3.63, 3.8) is 0 Å². The Morgan fingerprint density at radius 1 is 0.310 bits per heavy atom. The second-order valence-electron chi connectivity index (χ2n) is 33.9. The molecule has 18 atom stereocenters. The number of esters is 4. The van der Waals surface area contributed by atoms with Crippen LogP contribution < -0.4 is 0 Å². The normalized spacial score (nSPS) is 25.1. The van der Waals surface area contributed by atoms with E-state index in [2.05, 4.69) is 27.7 Å². The molecule has 1 saturated carbocycles. The highest BCUT2D eigenvalue weighted by atomic mass is 31.2. The van der Waals surface area contributed by atoms with Crippen LogP contribution in [0.1, 0.15) is 419 Å². The van der Waals surface area contributed by atoms with Gasteiger partial charge in [0.05, 0.1) is 13.2 Å². The summed E-state index contributed by atoms with van der Waals surface area (Å²) in [6.45, 7) is 5.63. The van der Waals surface area contributed by atoms with Crippen molar-refractivity contribution < 1.29 is 122 Å². The van der Waals surface area contributed by atoms with Crippen LogP contribution in [0.25, 0.3) is 0 Å². The first-order valence-corrected chi connectivity index (χ1v) is 48.8. The van der Waals surface area contributed by atoms with Gasteiger partial charge in [-0.1, -0.05) is 368 Å². The SMILES string of the molecule is CCCCCCCCCCCCCCCCCCC(=O)OC1C(O)C(O)C(OC2OC(CO)C(O)C(O)C2O)C(OP(=O)(O)OCC(COC(=O)CCCCCCCCCCCCCCCCC)OC(=O)CCCCCCCCCCCCCCC)C1OC1OC(COC(=O)CCCCCCCCCCCCCCC)C(O)C(O)C1O. The molecule has 0 amide bonds. The summed E-state index contributed by atoms with van der Waals surface area (Å²) in [7, 11) is -5.80. The lowest BCUT2D eigenvalue weighted by molar-refractivity contribution is -0.360. The topological polar surface area (TPSA) is 380 Å². The predicted octanol–water partition coefficient (Wildman–Crippen LogP) is 17.4. The molecular formula is C90H169O25P. The van der Waals surface area contributed by atoms with E-state index in [1.54, 1.807) is 0 Å². The smallest absolute Gasteiger partial charge is 0.463 e. The fourth-order valence-corrected chi connectivity index (χ4v) is 16.8. The van der Waals surface area contributed by atoms with E-state index in [-0.39, 0.29) is 25.7 Å². The number of ether oxygens (including phenoxy) is 8. The molecule has 3 fully saturated rings. The van der Waals surface area contributed by atoms with Crippen LogP contribution in [-0.4, -0.2) is 205 Å². The monoisotopic (exact) mass is 1680 g/mol. The second-order valence-corrected chi connectivity index (χ2v) is 35.3. The van der Waals surface area contributed by atoms with Gasteiger partial charge < -0.3 is 88.7 Å². The van der Waals surface area contributed by atoms with Gasteiger partial charge in [0, 0.05) is 25.7 Å². The fourth-order valence-electron chi connectivity index (χ4n) is 15.8. The van der Waals surface area contributed by atoms with Gasteiger partial charge in [-0.25, -0.2) is 4.57 Å². The third-order valence-electron chi connectivity index (χ3n) is 23.4. The first-order valence-electron chi connectivity index (χ1n) is 47.3. The van der Waals surface area contributed by atoms with Gasteiger partial charge in [-0.2, -0.15) is 0 Å². The summed E-state index contributed by atoms with van der Waals surface area (Å²) in [6, 6.07) is 0. The van der Waals surface area contributed by atoms with Gasteiger partial charge in [0.25, 0.3) is 0 Å². The molecule has 2 heterocycles. The average Bonchev–Trinajstić information content (AvgIpc) is 0.754. The van der Waals surface area contributed by atoms with Gasteiger partial charge in [-0.3, -0.25) is 28.2 Å². The molecule has 10 N–H and O–H groups in total. The summed E-state index contributed by atoms with van der Waals surface area (Å²) in [5.74, 6) is -2.94. The van der Waals surface area contributed by atoms with Gasteiger partial charge in [-0.05, 0) is 25.7 Å². The highest BCUT2D eigenvalue weighted by Crippen LogP contribution is 2.49. The molecule has 0 bridgehead atoms. The summed E-state index contributed by atoms with van der Waals surface area (Å²) >= 11 is 0. The van der Waals surface area contributed by atoms with Gasteiger partial charge in [0.15, 0.2) is 24.8 Å². The van der Waals surface area contributed by atoms with Crippen LogP contribution in [0.4, 0.5) is 0 Å². The van der Waals surface area contributed by atoms with E-state index >= 15 is 0 Å². The zero-order valence-electron chi connectivity index (χ0n) is 72.8. The minimum atomic E-state index is -5.80. The Balaban J connectivity index is 1.91. The number of phosphoric acid groups is 1. The Hall–Kier alpha value is -2.53. The molecule has 2 aliphatic heterocycles. The van der Waals surface area contributed by atoms with Gasteiger partial charge in [0.1, 0.15) is 92.6 Å². The second kappa shape index (κ2) is 69.8. The predicted molar refractivity (Wildman–Crippen MR) is 449 cm³/mol. The summed E-state index contributed by atoms with van der Waals surface area (Å²) in [4.78, 5) is 66.4. The Morgan fingerprint density at radius 3 is 0.940 bits per heavy atom. The molecule has 116 heavy (non-hydrogen) atoms. The molecule has 18 unspecified atom stereocenters. The van der Waals surface area contributed by atoms with Crippen LogP contribution >= 0.6 is 7.82 Å². The highest BCUT2D eigenvalue weighted by Gasteiger charge is 2.60. The van der Waals surface area contributed by atoms with Gasteiger partial charge in [0.2, 0.25) is 0 Å². The molecule has 0 aromatic heterocycles. The summed E-state index contributed by atoms with van der Waals surface area (Å²) < 4.78 is 73.4. The molecular weight excluding hydrogens is 1510 g/mol. The Bertz CT molecular complexity index is 2410. The third kappa shape index (κ3) is 49.7. The molecule has 0 aromatic carbocycles. The molecule has 3 rings (SSSR count). The van der Waals surface area contributed by atoms with E-state index < -0.39 is 162 Å². The lowest BCUT2D eigenvalue weighted by atomic mass is 9.84. The van der Waals surface area contributed by atoms with E-state index in [0.717, 1.165) is 128 Å². The fraction of sp³-hybridized carbons (Fsp3) is 0.956. The van der Waals surface area contributed by atoms with Crippen LogP contribution in [0, 0.1) is 0 Å². The summed E-state index contributed by atoms with van der Waals surface area (Å²) in [6.07, 6.45) is 26.6. The van der Waals surface area contributed by atoms with E-state index in [4.69, 9.17) is 46.9 Å². The molecule has 1 aliphatic carbocycles. The largest absolute Gasteiger partial charge is 0.472 e. The van der Waals surface area contributed by atoms with Crippen molar-refractivity contribution in [1.82, 2.24) is 0 Å². The van der Waals surface area contributed by atoms with E-state index in [0.29, 0.717) is 32.1 Å². The highest BCUT2D eigenvalue weighted by molar-refractivity contribution is 7.47. The van der Waals surface area contributed by atoms with Crippen molar-refractivity contribution in [1.29, 1.82) is 0 Å². The minimum Gasteiger partial charge on any atom is -0.463 e. The number of hydrogen-bond donors (Lipinski definition) is 10. The van der Waals surface area contributed by atoms with Crippen LogP contribution in [-0.2, 0) is 70.7 Å². The Morgan fingerprint density at radius 2 is 0.595 bits per heavy atom. The van der Waals surface area contributed by atoms with E-state index in [1.807, 2.05) is 0 Å². The number of rotatable bonds is 77. The number of aliphatic hydroxyl groups is 9. The number of aliphatic hydroxyl groups excluding tert-OH is 9. The molecule has 684 valence electrons. The lowest BCUT2D eigenvalue weighted by Crippen LogP contribution is -2.70. The van der Waals surface area contributed by atoms with Crippen LogP contribution in [0.15, 0.2) is 0 Å². The van der Waals surface area contributed by atoms with E-state index in [9.17, 15) is 74.6 Å². The van der Waals surface area contributed by atoms with Crippen molar-refractivity contribution in [2.45, 2.75) is 524 Å². The molecule has 0 aromatic rings. The quantitative estimate of drug-likeness (QED) is 0.0117. The zero-order chi connectivity index (χ0) is 84.7. The first kappa shape index (κ1) is 108. The van der Waals surface area contributed by atoms with Crippen LogP contribution in [0.5, 0.6) is 0 Å². The molecule has 2 saturated heterocycles. The van der Waals surface area contributed by atoms with Crippen molar-refractivity contribution in [3.05, 3.63) is 0 Å². The van der Waals surface area contributed by atoms with Crippen molar-refractivity contribution in [3.8, 4) is 0 Å². The summed E-state index contributed by atoms with van der Waals surface area (Å²) in [5, 5.41) is 102.